The molecule has 0 atom stereocenters. The van der Waals surface area contributed by atoms with E-state index in [1.165, 1.54) is 22.7 Å². The van der Waals surface area contributed by atoms with Gasteiger partial charge in [-0.05, 0) is 24.3 Å². The molecule has 0 amide bonds. The summed E-state index contributed by atoms with van der Waals surface area (Å²) in [5, 5.41) is 4.25. The van der Waals surface area contributed by atoms with Crippen LogP contribution in [0.2, 0.25) is 0 Å². The maximum absolute atomic E-state index is 13.4. The van der Waals surface area contributed by atoms with Crippen molar-refractivity contribution in [2.24, 2.45) is 0 Å². The van der Waals surface area contributed by atoms with Crippen LogP contribution in [0.15, 0.2) is 44.9 Å². The van der Waals surface area contributed by atoms with E-state index in [0.29, 0.717) is 33.4 Å². The monoisotopic (exact) mass is 426 g/mol. The van der Waals surface area contributed by atoms with E-state index in [4.69, 9.17) is 0 Å². The summed E-state index contributed by atoms with van der Waals surface area (Å²) >= 11 is 2.78. The Labute approximate surface area is 172 Å². The van der Waals surface area contributed by atoms with Crippen molar-refractivity contribution >= 4 is 87.2 Å². The zero-order valence-electron chi connectivity index (χ0n) is 14.8. The summed E-state index contributed by atoms with van der Waals surface area (Å²) in [6.07, 6.45) is 0. The van der Waals surface area contributed by atoms with E-state index in [-0.39, 0.29) is 11.1 Å². The van der Waals surface area contributed by atoms with Crippen molar-refractivity contribution in [3.63, 3.8) is 0 Å². The van der Waals surface area contributed by atoms with Crippen LogP contribution in [-0.4, -0.2) is 28.7 Å². The molecular weight excluding hydrogens is 420 g/mol. The van der Waals surface area contributed by atoms with Crippen molar-refractivity contribution in [1.82, 2.24) is 28.7 Å². The summed E-state index contributed by atoms with van der Waals surface area (Å²) in [6, 6.07) is 7.39. The second kappa shape index (κ2) is 4.69. The fraction of sp³-hybridized carbons (Fsp3) is 0. The number of benzene rings is 2. The first-order valence-electron chi connectivity index (χ1n) is 9.06. The molecule has 0 fully saturated rings. The lowest BCUT2D eigenvalue weighted by atomic mass is 9.96. The second-order valence-corrected chi connectivity index (χ2v) is 8.85. The quantitative estimate of drug-likeness (QED) is 0.346. The number of nitrogens with zero attached hydrogens (tertiary/aromatic N) is 6. The highest BCUT2D eigenvalue weighted by Crippen LogP contribution is 2.36. The van der Waals surface area contributed by atoms with E-state index >= 15 is 0 Å². The van der Waals surface area contributed by atoms with Gasteiger partial charge in [0.25, 0.3) is 11.1 Å². The van der Waals surface area contributed by atoms with Crippen LogP contribution < -0.4 is 11.1 Å². The van der Waals surface area contributed by atoms with E-state index in [1.807, 2.05) is 24.3 Å². The lowest BCUT2D eigenvalue weighted by molar-refractivity contribution is 1.19. The van der Waals surface area contributed by atoms with Gasteiger partial charge in [0.1, 0.15) is 0 Å². The van der Waals surface area contributed by atoms with E-state index in [9.17, 15) is 9.59 Å². The molecule has 8 rings (SSSR count). The fourth-order valence-corrected chi connectivity index (χ4v) is 6.09. The minimum Gasteiger partial charge on any atom is -0.268 e. The van der Waals surface area contributed by atoms with Crippen molar-refractivity contribution in [2.45, 2.75) is 0 Å². The molecule has 0 aliphatic heterocycles. The maximum atomic E-state index is 13.4. The van der Waals surface area contributed by atoms with Gasteiger partial charge in [0.2, 0.25) is 0 Å². The fourth-order valence-electron chi connectivity index (χ4n) is 4.62. The van der Waals surface area contributed by atoms with Crippen molar-refractivity contribution in [3.05, 3.63) is 56.0 Å². The summed E-state index contributed by atoms with van der Waals surface area (Å²) in [5.74, 6) is 0. The standard InChI is InChI=1S/C20H6N6O2S2/c27-17-9-3-1-7-11-10(18(28)25-15(7)23-13-19(25)29-5-21-13)4-2-8(12(9)11)16-24-14-20(26(16)17)30-6-22-14/h1-6H. The van der Waals surface area contributed by atoms with Crippen LogP contribution in [0.3, 0.4) is 0 Å². The lowest BCUT2D eigenvalue weighted by Crippen LogP contribution is -2.16. The van der Waals surface area contributed by atoms with Crippen LogP contribution in [-0.2, 0) is 0 Å². The largest absolute Gasteiger partial charge is 0.268 e. The Morgan fingerprint density at radius 2 is 1.07 bits per heavy atom. The molecule has 0 spiro atoms. The molecule has 0 saturated carbocycles. The Kier molecular flexibility index (Phi) is 2.36. The summed E-state index contributed by atoms with van der Waals surface area (Å²) in [7, 11) is 0. The molecule has 0 radical (unpaired) electrons. The van der Waals surface area contributed by atoms with Crippen LogP contribution in [0.1, 0.15) is 0 Å². The van der Waals surface area contributed by atoms with E-state index < -0.39 is 0 Å². The molecule has 30 heavy (non-hydrogen) atoms. The smallest absolute Gasteiger partial charge is 0.265 e. The Morgan fingerprint density at radius 1 is 0.633 bits per heavy atom. The Balaban J connectivity index is 1.76. The Bertz CT molecular complexity index is 1960. The van der Waals surface area contributed by atoms with Gasteiger partial charge >= 0.3 is 0 Å². The zero-order chi connectivity index (χ0) is 19.7. The van der Waals surface area contributed by atoms with E-state index in [2.05, 4.69) is 19.9 Å². The first-order valence-corrected chi connectivity index (χ1v) is 10.8. The van der Waals surface area contributed by atoms with Crippen molar-refractivity contribution in [2.75, 3.05) is 0 Å². The topological polar surface area (TPSA) is 94.5 Å². The number of fused-ring (bicyclic) bond motifs is 8. The van der Waals surface area contributed by atoms with Crippen LogP contribution >= 0.6 is 22.7 Å². The molecule has 0 saturated heterocycles. The van der Waals surface area contributed by atoms with Gasteiger partial charge in [-0.15, -0.1) is 22.7 Å². The third kappa shape index (κ3) is 1.47. The predicted molar refractivity (Wildman–Crippen MR) is 118 cm³/mol. The third-order valence-electron chi connectivity index (χ3n) is 5.82. The molecule has 0 aliphatic carbocycles. The third-order valence-corrected chi connectivity index (χ3v) is 7.42. The van der Waals surface area contributed by atoms with Crippen molar-refractivity contribution in [1.29, 1.82) is 0 Å². The van der Waals surface area contributed by atoms with E-state index in [1.54, 1.807) is 19.8 Å². The first-order chi connectivity index (χ1) is 14.7. The molecular formula is C20H6N6O2S2. The van der Waals surface area contributed by atoms with Gasteiger partial charge in [-0.1, -0.05) is 0 Å². The maximum Gasteiger partial charge on any atom is 0.265 e. The SMILES string of the molecule is O=c1c2ccc3c4c(ccc(c24)c2nc4ncsc4n12)c(=O)n1c3nc2ncsc21. The van der Waals surface area contributed by atoms with Crippen LogP contribution in [0, 0.1) is 0 Å². The Morgan fingerprint density at radius 3 is 1.53 bits per heavy atom. The predicted octanol–water partition coefficient (Wildman–Crippen LogP) is 3.26. The average Bonchev–Trinajstić information content (AvgIpc) is 3.49. The molecule has 140 valence electrons. The lowest BCUT2D eigenvalue weighted by Gasteiger charge is -2.11. The summed E-state index contributed by atoms with van der Waals surface area (Å²) < 4.78 is 3.25. The average molecular weight is 426 g/mol. The molecule has 0 aliphatic rings. The number of hydrogen-bond acceptors (Lipinski definition) is 8. The normalized spacial score (nSPS) is 12.9. The van der Waals surface area contributed by atoms with Gasteiger partial charge in [-0.25, -0.2) is 28.7 Å². The number of thiazole rings is 2. The number of aromatic nitrogens is 6. The molecule has 8 aromatic rings. The van der Waals surface area contributed by atoms with Gasteiger partial charge in [-0.2, -0.15) is 0 Å². The molecule has 0 unspecified atom stereocenters. The van der Waals surface area contributed by atoms with Crippen molar-refractivity contribution < 1.29 is 0 Å². The molecule has 6 heterocycles. The van der Waals surface area contributed by atoms with Crippen LogP contribution in [0.5, 0.6) is 0 Å². The number of hydrogen-bond donors (Lipinski definition) is 0. The minimum absolute atomic E-state index is 0.156. The zero-order valence-corrected chi connectivity index (χ0v) is 16.4. The van der Waals surface area contributed by atoms with Gasteiger partial charge in [0, 0.05) is 32.3 Å². The molecule has 2 aromatic carbocycles. The highest BCUT2D eigenvalue weighted by molar-refractivity contribution is 7.16. The molecule has 0 N–H and O–H groups in total. The molecule has 6 aromatic heterocycles. The van der Waals surface area contributed by atoms with Crippen LogP contribution in [0.25, 0.3) is 64.6 Å². The molecule has 0 bridgehead atoms. The summed E-state index contributed by atoms with van der Waals surface area (Å²) in [5.41, 5.74) is 5.30. The first kappa shape index (κ1) is 15.1. The summed E-state index contributed by atoms with van der Waals surface area (Å²) in [4.78, 5) is 46.0. The Hall–Kier alpha value is -3.76. The van der Waals surface area contributed by atoms with Crippen LogP contribution in [0.4, 0.5) is 0 Å². The second-order valence-electron chi connectivity index (χ2n) is 7.19. The minimum atomic E-state index is -0.156. The number of pyridine rings is 2. The highest BCUT2D eigenvalue weighted by atomic mass is 32.1. The summed E-state index contributed by atoms with van der Waals surface area (Å²) in [6.45, 7) is 0. The van der Waals surface area contributed by atoms with Gasteiger partial charge in [0.05, 0.1) is 11.0 Å². The van der Waals surface area contributed by atoms with E-state index in [0.717, 1.165) is 31.2 Å². The van der Waals surface area contributed by atoms with Crippen molar-refractivity contribution in [3.8, 4) is 0 Å². The highest BCUT2D eigenvalue weighted by Gasteiger charge is 2.23. The van der Waals surface area contributed by atoms with Gasteiger partial charge in [0.15, 0.2) is 32.2 Å². The number of imidazole rings is 2. The van der Waals surface area contributed by atoms with Gasteiger partial charge < -0.3 is 0 Å². The number of rotatable bonds is 0. The van der Waals surface area contributed by atoms with Gasteiger partial charge in [-0.3, -0.25) is 9.59 Å². The molecule has 10 heteroatoms. The molecule has 8 nitrogen and oxygen atoms in total.